The van der Waals surface area contributed by atoms with Crippen LogP contribution in [0.15, 0.2) is 33.2 Å². The first kappa shape index (κ1) is 20.2. The van der Waals surface area contributed by atoms with Gasteiger partial charge in [-0.05, 0) is 49.9 Å². The van der Waals surface area contributed by atoms with Crippen molar-refractivity contribution in [2.24, 2.45) is 0 Å². The van der Waals surface area contributed by atoms with Crippen molar-refractivity contribution in [3.63, 3.8) is 0 Å². The molecule has 0 spiro atoms. The Morgan fingerprint density at radius 3 is 2.14 bits per heavy atom. The molecule has 3 N–H and O–H groups in total. The summed E-state index contributed by atoms with van der Waals surface area (Å²) in [5, 5.41) is 8.19. The topological polar surface area (TPSA) is 112 Å². The van der Waals surface area contributed by atoms with E-state index in [0.29, 0.717) is 11.8 Å². The molecule has 0 saturated heterocycles. The second-order valence-electron chi connectivity index (χ2n) is 3.83. The average molecular weight is 444 g/mol. The van der Waals surface area contributed by atoms with Crippen LogP contribution in [0.2, 0.25) is 0 Å². The summed E-state index contributed by atoms with van der Waals surface area (Å²) in [4.78, 5) is 37.3. The third-order valence-corrected chi connectivity index (χ3v) is 4.77. The number of hydrogen-bond acceptors (Lipinski definition) is 3. The summed E-state index contributed by atoms with van der Waals surface area (Å²) in [6.45, 7) is 1.84. The number of carbonyl (C=O) groups excluding carboxylic acids is 1. The van der Waals surface area contributed by atoms with E-state index in [4.69, 9.17) is 14.9 Å². The number of carboxylic acids is 1. The molecular formula is C12H13Br2O6P. The van der Waals surface area contributed by atoms with E-state index in [9.17, 15) is 14.2 Å². The van der Waals surface area contributed by atoms with Crippen LogP contribution in [0, 0.1) is 6.92 Å². The molecule has 0 heterocycles. The molecule has 9 heteroatoms. The Morgan fingerprint density at radius 1 is 1.29 bits per heavy atom. The fraction of sp³-hybridized carbons (Fsp3) is 0.167. The van der Waals surface area contributed by atoms with Crippen LogP contribution in [0.1, 0.15) is 11.1 Å². The Kier molecular flexibility index (Phi) is 8.92. The number of aliphatic carboxylic acids is 1. The number of aldehydes is 1. The second-order valence-corrected chi connectivity index (χ2v) is 7.13. The molecule has 0 bridgehead atoms. The molecule has 1 aromatic rings. The summed E-state index contributed by atoms with van der Waals surface area (Å²) >= 11 is 5.40. The van der Waals surface area contributed by atoms with Crippen LogP contribution in [-0.2, 0) is 20.3 Å². The molecule has 1 rings (SSSR count). The van der Waals surface area contributed by atoms with Gasteiger partial charge in [0.05, 0.1) is 10.6 Å². The molecule has 0 aromatic heterocycles. The van der Waals surface area contributed by atoms with Crippen LogP contribution < -0.4 is 0 Å². The average Bonchev–Trinajstić information content (AvgIpc) is 2.39. The summed E-state index contributed by atoms with van der Waals surface area (Å²) in [5.41, 5.74) is 1.63. The maximum absolute atomic E-state index is 10.6. The zero-order valence-corrected chi connectivity index (χ0v) is 14.9. The highest BCUT2D eigenvalue weighted by molar-refractivity contribution is 9.14. The molecule has 6 nitrogen and oxygen atoms in total. The minimum atomic E-state index is -3.91. The zero-order chi connectivity index (χ0) is 16.6. The molecule has 1 aromatic carbocycles. The summed E-state index contributed by atoms with van der Waals surface area (Å²) in [5.74, 6) is -1.17. The summed E-state index contributed by atoms with van der Waals surface area (Å²) < 4.78 is 10.5. The van der Waals surface area contributed by atoms with Crippen LogP contribution in [0.3, 0.4) is 0 Å². The Hall–Kier alpha value is -0.790. The van der Waals surface area contributed by atoms with E-state index in [2.05, 4.69) is 31.9 Å². The molecule has 116 valence electrons. The molecule has 21 heavy (non-hydrogen) atoms. The molecule has 0 unspecified atom stereocenters. The molecule has 0 saturated carbocycles. The van der Waals surface area contributed by atoms with Crippen LogP contribution >= 0.6 is 39.5 Å². The van der Waals surface area contributed by atoms with Crippen molar-refractivity contribution in [1.29, 1.82) is 0 Å². The molecule has 0 atom stereocenters. The number of rotatable bonds is 4. The minimum absolute atomic E-state index is 0.00463. The zero-order valence-electron chi connectivity index (χ0n) is 10.9. The summed E-state index contributed by atoms with van der Waals surface area (Å²) in [6, 6.07) is 7.19. The standard InChI is InChI=1S/C8H11O3P.C4H2Br2O3/c1-7-4-2-3-5-8(7)6-12(9,10)11;5-2(1-7)3(6)4(8)9/h2-5H,6H2,1H3,(H2,9,10,11);1H,(H,8,9)/b;3-2-. The number of aryl methyl sites for hydroxylation is 1. The van der Waals surface area contributed by atoms with Gasteiger partial charge in [0, 0.05) is 0 Å². The van der Waals surface area contributed by atoms with Crippen molar-refractivity contribution in [3.05, 3.63) is 44.4 Å². The number of hydrogen-bond donors (Lipinski definition) is 3. The van der Waals surface area contributed by atoms with Crippen molar-refractivity contribution < 1.29 is 29.0 Å². The van der Waals surface area contributed by atoms with E-state index in [1.807, 2.05) is 19.1 Å². The van der Waals surface area contributed by atoms with Crippen molar-refractivity contribution in [2.45, 2.75) is 13.1 Å². The van der Waals surface area contributed by atoms with E-state index in [-0.39, 0.29) is 15.1 Å². The van der Waals surface area contributed by atoms with E-state index in [1.54, 1.807) is 12.1 Å². The Bertz CT molecular complexity index is 593. The first-order valence-electron chi connectivity index (χ1n) is 5.41. The van der Waals surface area contributed by atoms with Gasteiger partial charge in [0.1, 0.15) is 4.48 Å². The molecule has 0 fully saturated rings. The van der Waals surface area contributed by atoms with Gasteiger partial charge in [0.2, 0.25) is 0 Å². The molecule has 0 radical (unpaired) electrons. The number of carbonyl (C=O) groups is 2. The lowest BCUT2D eigenvalue weighted by molar-refractivity contribution is -0.131. The number of allylic oxidation sites excluding steroid dienone is 1. The normalized spacial score (nSPS) is 11.9. The Balaban J connectivity index is 0.000000400. The molecule has 0 amide bonds. The quantitative estimate of drug-likeness (QED) is 0.374. The largest absolute Gasteiger partial charge is 0.477 e. The van der Waals surface area contributed by atoms with E-state index >= 15 is 0 Å². The summed E-state index contributed by atoms with van der Waals surface area (Å²) in [6.07, 6.45) is 0.234. The van der Waals surface area contributed by atoms with Crippen LogP contribution in [-0.4, -0.2) is 27.1 Å². The van der Waals surface area contributed by atoms with E-state index in [0.717, 1.165) is 5.56 Å². The molecule has 0 aliphatic heterocycles. The summed E-state index contributed by atoms with van der Waals surface area (Å²) in [7, 11) is -3.91. The lowest BCUT2D eigenvalue weighted by Gasteiger charge is -2.06. The molecule has 0 aliphatic carbocycles. The van der Waals surface area contributed by atoms with Gasteiger partial charge in [-0.15, -0.1) is 0 Å². The Morgan fingerprint density at radius 2 is 1.81 bits per heavy atom. The first-order valence-corrected chi connectivity index (χ1v) is 8.79. The van der Waals surface area contributed by atoms with Crippen LogP contribution in [0.5, 0.6) is 0 Å². The highest BCUT2D eigenvalue weighted by atomic mass is 79.9. The number of halogens is 2. The van der Waals surface area contributed by atoms with Crippen molar-refractivity contribution in [1.82, 2.24) is 0 Å². The second kappa shape index (κ2) is 9.27. The van der Waals surface area contributed by atoms with Gasteiger partial charge in [-0.25, -0.2) is 4.79 Å². The third kappa shape index (κ3) is 8.95. The highest BCUT2D eigenvalue weighted by Gasteiger charge is 2.14. The van der Waals surface area contributed by atoms with Crippen molar-refractivity contribution in [3.8, 4) is 0 Å². The number of carboxylic acid groups (broad SMARTS) is 1. The number of benzene rings is 1. The SMILES string of the molecule is Cc1ccccc1CP(=O)(O)O.O=C/C(Br)=C(/Br)C(=O)O. The predicted octanol–water partition coefficient (Wildman–Crippen LogP) is 2.94. The van der Waals surface area contributed by atoms with Crippen LogP contribution in [0.4, 0.5) is 0 Å². The van der Waals surface area contributed by atoms with Gasteiger partial charge < -0.3 is 14.9 Å². The van der Waals surface area contributed by atoms with Gasteiger partial charge in [-0.3, -0.25) is 9.36 Å². The molecule has 0 aliphatic rings. The van der Waals surface area contributed by atoms with Gasteiger partial charge >= 0.3 is 13.6 Å². The van der Waals surface area contributed by atoms with Crippen molar-refractivity contribution >= 4 is 51.7 Å². The maximum atomic E-state index is 10.6. The molecular weight excluding hydrogens is 431 g/mol. The van der Waals surface area contributed by atoms with Crippen LogP contribution in [0.25, 0.3) is 0 Å². The van der Waals surface area contributed by atoms with Gasteiger partial charge in [0.25, 0.3) is 0 Å². The fourth-order valence-corrected chi connectivity index (χ4v) is 2.22. The predicted molar refractivity (Wildman–Crippen MR) is 85.5 cm³/mol. The monoisotopic (exact) mass is 442 g/mol. The van der Waals surface area contributed by atoms with E-state index in [1.165, 1.54) is 0 Å². The van der Waals surface area contributed by atoms with Gasteiger partial charge in [-0.1, -0.05) is 24.3 Å². The van der Waals surface area contributed by atoms with Gasteiger partial charge in [0.15, 0.2) is 6.29 Å². The smallest absolute Gasteiger partial charge is 0.344 e. The Labute approximate surface area is 138 Å². The van der Waals surface area contributed by atoms with Crippen molar-refractivity contribution in [2.75, 3.05) is 0 Å². The maximum Gasteiger partial charge on any atom is 0.344 e. The lowest BCUT2D eigenvalue weighted by atomic mass is 10.1. The third-order valence-electron chi connectivity index (χ3n) is 2.14. The minimum Gasteiger partial charge on any atom is -0.477 e. The van der Waals surface area contributed by atoms with E-state index < -0.39 is 13.6 Å². The lowest BCUT2D eigenvalue weighted by Crippen LogP contribution is -1.95. The highest BCUT2D eigenvalue weighted by Crippen LogP contribution is 2.39. The fourth-order valence-electron chi connectivity index (χ4n) is 1.16. The van der Waals surface area contributed by atoms with Gasteiger partial charge in [-0.2, -0.15) is 0 Å². The first-order chi connectivity index (χ1) is 9.58.